The van der Waals surface area contributed by atoms with Gasteiger partial charge in [0.25, 0.3) is 0 Å². The first-order chi connectivity index (χ1) is 8.65. The van der Waals surface area contributed by atoms with E-state index in [4.69, 9.17) is 14.6 Å². The molecular formula is C13H17NO4. The fraction of sp³-hybridized carbons (Fsp3) is 0.462. The van der Waals surface area contributed by atoms with Gasteiger partial charge in [0, 0.05) is 13.1 Å². The van der Waals surface area contributed by atoms with Crippen LogP contribution in [0.3, 0.4) is 0 Å². The molecule has 1 aromatic rings. The van der Waals surface area contributed by atoms with Crippen LogP contribution in [0.15, 0.2) is 24.3 Å². The minimum absolute atomic E-state index is 0.0391. The number of ether oxygens (including phenoxy) is 2. The molecule has 1 atom stereocenters. The van der Waals surface area contributed by atoms with E-state index in [0.717, 1.165) is 13.1 Å². The van der Waals surface area contributed by atoms with Crippen LogP contribution < -0.4 is 4.74 Å². The number of hydrogen-bond acceptors (Lipinski definition) is 4. The first-order valence-electron chi connectivity index (χ1n) is 5.91. The Morgan fingerprint density at radius 2 is 2.44 bits per heavy atom. The SMILES string of the molecule is CN1CCOC(COc2cccc(C(=O)O)c2)C1. The Balaban J connectivity index is 1.89. The summed E-state index contributed by atoms with van der Waals surface area (Å²) in [5.41, 5.74) is 0.231. The summed E-state index contributed by atoms with van der Waals surface area (Å²) in [6, 6.07) is 6.49. The van der Waals surface area contributed by atoms with Gasteiger partial charge in [-0.1, -0.05) is 6.07 Å². The zero-order chi connectivity index (χ0) is 13.0. The third-order valence-electron chi connectivity index (χ3n) is 2.86. The zero-order valence-corrected chi connectivity index (χ0v) is 10.3. The maximum Gasteiger partial charge on any atom is 0.335 e. The fourth-order valence-corrected chi connectivity index (χ4v) is 1.88. The molecule has 1 aliphatic heterocycles. The smallest absolute Gasteiger partial charge is 0.335 e. The van der Waals surface area contributed by atoms with E-state index in [1.165, 1.54) is 6.07 Å². The van der Waals surface area contributed by atoms with E-state index in [1.807, 2.05) is 7.05 Å². The highest BCUT2D eigenvalue weighted by Gasteiger charge is 2.18. The summed E-state index contributed by atoms with van der Waals surface area (Å²) >= 11 is 0. The van der Waals surface area contributed by atoms with Crippen molar-refractivity contribution in [2.24, 2.45) is 0 Å². The summed E-state index contributed by atoms with van der Waals surface area (Å²) in [5, 5.41) is 8.87. The number of nitrogens with zero attached hydrogens (tertiary/aromatic N) is 1. The lowest BCUT2D eigenvalue weighted by atomic mass is 10.2. The molecule has 5 nitrogen and oxygen atoms in total. The van der Waals surface area contributed by atoms with Gasteiger partial charge in [-0.2, -0.15) is 0 Å². The van der Waals surface area contributed by atoms with Gasteiger partial charge in [0.1, 0.15) is 18.5 Å². The van der Waals surface area contributed by atoms with E-state index in [9.17, 15) is 4.79 Å². The Labute approximate surface area is 106 Å². The molecule has 0 amide bonds. The Kier molecular flexibility index (Phi) is 4.17. The Morgan fingerprint density at radius 3 is 3.17 bits per heavy atom. The van der Waals surface area contributed by atoms with E-state index >= 15 is 0 Å². The molecule has 0 spiro atoms. The first-order valence-corrected chi connectivity index (χ1v) is 5.91. The van der Waals surface area contributed by atoms with Crippen molar-refractivity contribution in [1.82, 2.24) is 4.90 Å². The van der Waals surface area contributed by atoms with Gasteiger partial charge in [-0.25, -0.2) is 4.79 Å². The van der Waals surface area contributed by atoms with Crippen molar-refractivity contribution in [3.8, 4) is 5.75 Å². The van der Waals surface area contributed by atoms with Crippen LogP contribution in [0.2, 0.25) is 0 Å². The molecule has 5 heteroatoms. The summed E-state index contributed by atoms with van der Waals surface area (Å²) in [5.74, 6) is -0.388. The number of benzene rings is 1. The summed E-state index contributed by atoms with van der Waals surface area (Å²) in [6.45, 7) is 2.91. The van der Waals surface area contributed by atoms with E-state index < -0.39 is 5.97 Å². The summed E-state index contributed by atoms with van der Waals surface area (Å²) < 4.78 is 11.1. The molecule has 0 saturated carbocycles. The van der Waals surface area contributed by atoms with E-state index in [2.05, 4.69) is 4.90 Å². The van der Waals surface area contributed by atoms with Gasteiger partial charge < -0.3 is 19.5 Å². The third kappa shape index (κ3) is 3.45. The predicted octanol–water partition coefficient (Wildman–Crippen LogP) is 1.09. The summed E-state index contributed by atoms with van der Waals surface area (Å²) in [4.78, 5) is 13.0. The van der Waals surface area contributed by atoms with Crippen molar-refractivity contribution in [3.63, 3.8) is 0 Å². The van der Waals surface area contributed by atoms with Gasteiger partial charge in [0.05, 0.1) is 12.2 Å². The van der Waals surface area contributed by atoms with Crippen molar-refractivity contribution in [1.29, 1.82) is 0 Å². The van der Waals surface area contributed by atoms with Crippen LogP contribution in [0.1, 0.15) is 10.4 Å². The van der Waals surface area contributed by atoms with Crippen LogP contribution in [-0.4, -0.2) is 55.4 Å². The lowest BCUT2D eigenvalue weighted by Gasteiger charge is -2.29. The van der Waals surface area contributed by atoms with Crippen molar-refractivity contribution in [2.45, 2.75) is 6.10 Å². The van der Waals surface area contributed by atoms with Crippen LogP contribution in [0, 0.1) is 0 Å². The maximum atomic E-state index is 10.8. The molecule has 0 aromatic heterocycles. The molecule has 98 valence electrons. The highest BCUT2D eigenvalue weighted by molar-refractivity contribution is 5.87. The third-order valence-corrected chi connectivity index (χ3v) is 2.86. The molecule has 0 bridgehead atoms. The number of rotatable bonds is 4. The molecule has 1 aromatic carbocycles. The van der Waals surface area contributed by atoms with Crippen LogP contribution >= 0.6 is 0 Å². The van der Waals surface area contributed by atoms with E-state index in [0.29, 0.717) is 19.0 Å². The van der Waals surface area contributed by atoms with Gasteiger partial charge >= 0.3 is 5.97 Å². The summed E-state index contributed by atoms with van der Waals surface area (Å²) in [6.07, 6.45) is 0.0391. The van der Waals surface area contributed by atoms with Crippen molar-refractivity contribution < 1.29 is 19.4 Å². The van der Waals surface area contributed by atoms with Crippen LogP contribution in [0.25, 0.3) is 0 Å². The van der Waals surface area contributed by atoms with Crippen LogP contribution in [-0.2, 0) is 4.74 Å². The number of aromatic carboxylic acids is 1. The highest BCUT2D eigenvalue weighted by atomic mass is 16.5. The van der Waals surface area contributed by atoms with Crippen molar-refractivity contribution in [2.75, 3.05) is 33.4 Å². The van der Waals surface area contributed by atoms with Gasteiger partial charge in [-0.15, -0.1) is 0 Å². The molecule has 2 rings (SSSR count). The number of hydrogen-bond donors (Lipinski definition) is 1. The van der Waals surface area contributed by atoms with E-state index in [-0.39, 0.29) is 11.7 Å². The summed E-state index contributed by atoms with van der Waals surface area (Å²) in [7, 11) is 2.04. The molecule has 1 fully saturated rings. The van der Waals surface area contributed by atoms with Gasteiger partial charge in [-0.3, -0.25) is 0 Å². The molecule has 1 heterocycles. The first kappa shape index (κ1) is 12.9. The molecule has 1 N–H and O–H groups in total. The molecular weight excluding hydrogens is 234 g/mol. The van der Waals surface area contributed by atoms with Gasteiger partial charge in [-0.05, 0) is 25.2 Å². The largest absolute Gasteiger partial charge is 0.491 e. The average Bonchev–Trinajstić information content (AvgIpc) is 2.37. The lowest BCUT2D eigenvalue weighted by molar-refractivity contribution is -0.0403. The number of carbonyl (C=O) groups is 1. The second-order valence-electron chi connectivity index (χ2n) is 4.40. The topological polar surface area (TPSA) is 59.0 Å². The maximum absolute atomic E-state index is 10.8. The highest BCUT2D eigenvalue weighted by Crippen LogP contribution is 2.14. The van der Waals surface area contributed by atoms with Crippen LogP contribution in [0.4, 0.5) is 0 Å². The standard InChI is InChI=1S/C13H17NO4/c1-14-5-6-17-12(8-14)9-18-11-4-2-3-10(7-11)13(15)16/h2-4,7,12H,5-6,8-9H2,1H3,(H,15,16). The van der Waals surface area contributed by atoms with Gasteiger partial charge in [0.2, 0.25) is 0 Å². The van der Waals surface area contributed by atoms with Crippen LogP contribution in [0.5, 0.6) is 5.75 Å². The molecule has 1 unspecified atom stereocenters. The minimum Gasteiger partial charge on any atom is -0.491 e. The average molecular weight is 251 g/mol. The number of carboxylic acid groups (broad SMARTS) is 1. The van der Waals surface area contributed by atoms with Crippen molar-refractivity contribution in [3.05, 3.63) is 29.8 Å². The number of morpholine rings is 1. The predicted molar refractivity (Wildman–Crippen MR) is 66.1 cm³/mol. The number of likely N-dealkylation sites (N-methyl/N-ethyl adjacent to an activating group) is 1. The fourth-order valence-electron chi connectivity index (χ4n) is 1.88. The second-order valence-corrected chi connectivity index (χ2v) is 4.40. The minimum atomic E-state index is -0.950. The van der Waals surface area contributed by atoms with E-state index in [1.54, 1.807) is 18.2 Å². The molecule has 18 heavy (non-hydrogen) atoms. The number of carboxylic acids is 1. The molecule has 0 aliphatic carbocycles. The monoisotopic (exact) mass is 251 g/mol. The Bertz CT molecular complexity index is 421. The molecule has 0 radical (unpaired) electrons. The Hall–Kier alpha value is -1.59. The normalized spacial score (nSPS) is 20.6. The molecule has 1 saturated heterocycles. The molecule has 1 aliphatic rings. The van der Waals surface area contributed by atoms with Crippen molar-refractivity contribution >= 4 is 5.97 Å². The quantitative estimate of drug-likeness (QED) is 0.868. The zero-order valence-electron chi connectivity index (χ0n) is 10.3. The Morgan fingerprint density at radius 1 is 1.61 bits per heavy atom. The van der Waals surface area contributed by atoms with Gasteiger partial charge in [0.15, 0.2) is 0 Å². The lowest BCUT2D eigenvalue weighted by Crippen LogP contribution is -2.42. The second kappa shape index (κ2) is 5.84.